The Balaban J connectivity index is 1.57. The molecule has 2 aromatic carbocycles. The predicted molar refractivity (Wildman–Crippen MR) is 106 cm³/mol. The summed E-state index contributed by atoms with van der Waals surface area (Å²) in [6.45, 7) is 0.378. The molecule has 1 N–H and O–H groups in total. The van der Waals surface area contributed by atoms with Crippen molar-refractivity contribution in [2.75, 3.05) is 4.72 Å². The molecule has 11 heteroatoms. The summed E-state index contributed by atoms with van der Waals surface area (Å²) in [5, 5.41) is 5.31. The van der Waals surface area contributed by atoms with Crippen LogP contribution in [0.4, 0.5) is 5.82 Å². The number of hydrogen-bond donors (Lipinski definition) is 1. The van der Waals surface area contributed by atoms with Crippen LogP contribution in [0.3, 0.4) is 0 Å². The van der Waals surface area contributed by atoms with E-state index in [1.54, 1.807) is 47.3 Å². The van der Waals surface area contributed by atoms with Crippen molar-refractivity contribution in [3.8, 4) is 0 Å². The van der Waals surface area contributed by atoms with Crippen molar-refractivity contribution < 1.29 is 8.42 Å². The minimum Gasteiger partial charge on any atom is -0.266 e. The lowest BCUT2D eigenvalue weighted by Crippen LogP contribution is -2.14. The predicted octanol–water partition coefficient (Wildman–Crippen LogP) is 4.04. The van der Waals surface area contributed by atoms with E-state index in [-0.39, 0.29) is 10.7 Å². The highest BCUT2D eigenvalue weighted by molar-refractivity contribution is 7.93. The molecule has 0 aliphatic rings. The van der Waals surface area contributed by atoms with Crippen LogP contribution in [-0.2, 0) is 16.6 Å². The molecule has 4 rings (SSSR count). The second-order valence-electron chi connectivity index (χ2n) is 5.63. The molecule has 0 saturated carbocycles. The smallest absolute Gasteiger partial charge is 0.265 e. The molecule has 2 heterocycles. The Morgan fingerprint density at radius 1 is 1.11 bits per heavy atom. The number of nitrogens with one attached hydrogen (secondary N) is 1. The number of nitrogens with zero attached hydrogens (tertiary/aromatic N) is 4. The van der Waals surface area contributed by atoms with E-state index in [9.17, 15) is 8.42 Å². The van der Waals surface area contributed by atoms with Gasteiger partial charge in [0.1, 0.15) is 15.9 Å². The van der Waals surface area contributed by atoms with E-state index in [1.165, 1.54) is 6.07 Å². The molecule has 27 heavy (non-hydrogen) atoms. The van der Waals surface area contributed by atoms with E-state index >= 15 is 0 Å². The summed E-state index contributed by atoms with van der Waals surface area (Å²) in [6, 6.07) is 11.6. The lowest BCUT2D eigenvalue weighted by atomic mass is 10.2. The van der Waals surface area contributed by atoms with Gasteiger partial charge in [-0.3, -0.25) is 9.40 Å². The number of rotatable bonds is 5. The Bertz CT molecular complexity index is 1240. The first-order chi connectivity index (χ1) is 12.9. The molecule has 0 bridgehead atoms. The van der Waals surface area contributed by atoms with Crippen LogP contribution in [0.5, 0.6) is 0 Å². The molecule has 0 aliphatic heterocycles. The minimum atomic E-state index is -3.85. The van der Waals surface area contributed by atoms with Gasteiger partial charge in [-0.1, -0.05) is 35.3 Å². The molecule has 138 valence electrons. The standard InChI is InChI=1S/C16H11Cl2N5O2S2/c17-11-5-4-10(12(18)8-11)9-23-7-6-15(19-23)22-27(24,25)14-3-1-2-13-16(14)21-26-20-13/h1-8H,9H2,(H,19,22). The molecule has 7 nitrogen and oxygen atoms in total. The maximum atomic E-state index is 12.7. The third-order valence-electron chi connectivity index (χ3n) is 3.77. The van der Waals surface area contributed by atoms with Crippen LogP contribution in [0.25, 0.3) is 11.0 Å². The first kappa shape index (κ1) is 18.2. The number of anilines is 1. The fourth-order valence-electron chi connectivity index (χ4n) is 2.52. The van der Waals surface area contributed by atoms with Crippen LogP contribution in [0.2, 0.25) is 10.0 Å². The van der Waals surface area contributed by atoms with Crippen LogP contribution in [-0.4, -0.2) is 26.9 Å². The molecule has 0 aliphatic carbocycles. The summed E-state index contributed by atoms with van der Waals surface area (Å²) in [7, 11) is -3.85. The third-order valence-corrected chi connectivity index (χ3v) is 6.28. The minimum absolute atomic E-state index is 0.0593. The topological polar surface area (TPSA) is 89.8 Å². The molecule has 0 unspecified atom stereocenters. The Labute approximate surface area is 168 Å². The average molecular weight is 440 g/mol. The van der Waals surface area contributed by atoms with Gasteiger partial charge in [0.05, 0.1) is 18.3 Å². The number of sulfonamides is 1. The van der Waals surface area contributed by atoms with Crippen molar-refractivity contribution in [3.05, 3.63) is 64.3 Å². The number of benzene rings is 2. The number of aromatic nitrogens is 4. The summed E-state index contributed by atoms with van der Waals surface area (Å²) < 4.78 is 37.6. The Kier molecular flexibility index (Phi) is 4.77. The first-order valence-electron chi connectivity index (χ1n) is 7.64. The second kappa shape index (κ2) is 7.08. The summed E-state index contributed by atoms with van der Waals surface area (Å²) in [5.41, 5.74) is 1.69. The molecular formula is C16H11Cl2N5O2S2. The Morgan fingerprint density at radius 3 is 2.78 bits per heavy atom. The van der Waals surface area contributed by atoms with E-state index < -0.39 is 10.0 Å². The molecule has 0 radical (unpaired) electrons. The van der Waals surface area contributed by atoms with E-state index in [0.717, 1.165) is 17.3 Å². The first-order valence-corrected chi connectivity index (χ1v) is 10.6. The van der Waals surface area contributed by atoms with Crippen LogP contribution in [0, 0.1) is 0 Å². The van der Waals surface area contributed by atoms with Crippen LogP contribution >= 0.6 is 34.9 Å². The van der Waals surface area contributed by atoms with Gasteiger partial charge in [-0.15, -0.1) is 0 Å². The SMILES string of the molecule is O=S(=O)(Nc1ccn(Cc2ccc(Cl)cc2Cl)n1)c1cccc2nsnc12. The van der Waals surface area contributed by atoms with Crippen molar-refractivity contribution in [1.29, 1.82) is 0 Å². The quantitative estimate of drug-likeness (QED) is 0.506. The molecule has 0 spiro atoms. The van der Waals surface area contributed by atoms with E-state index in [4.69, 9.17) is 23.2 Å². The van der Waals surface area contributed by atoms with Crippen molar-refractivity contribution in [2.24, 2.45) is 0 Å². The largest absolute Gasteiger partial charge is 0.266 e. The second-order valence-corrected chi connectivity index (χ2v) is 8.65. The summed E-state index contributed by atoms with van der Waals surface area (Å²) >= 11 is 13.0. The van der Waals surface area contributed by atoms with E-state index in [2.05, 4.69) is 18.6 Å². The maximum Gasteiger partial charge on any atom is 0.265 e. The lowest BCUT2D eigenvalue weighted by Gasteiger charge is -2.07. The normalized spacial score (nSPS) is 11.8. The average Bonchev–Trinajstić information content (AvgIpc) is 3.25. The van der Waals surface area contributed by atoms with Crippen LogP contribution in [0.15, 0.2) is 53.6 Å². The van der Waals surface area contributed by atoms with Gasteiger partial charge >= 0.3 is 0 Å². The van der Waals surface area contributed by atoms with Crippen LogP contribution in [0.1, 0.15) is 5.56 Å². The van der Waals surface area contributed by atoms with Crippen molar-refractivity contribution in [2.45, 2.75) is 11.4 Å². The van der Waals surface area contributed by atoms with Gasteiger partial charge in [0.15, 0.2) is 5.82 Å². The van der Waals surface area contributed by atoms with Gasteiger partial charge in [-0.2, -0.15) is 13.8 Å². The Hall–Kier alpha value is -2.20. The Morgan fingerprint density at radius 2 is 1.96 bits per heavy atom. The summed E-state index contributed by atoms with van der Waals surface area (Å²) in [5.74, 6) is 0.195. The monoisotopic (exact) mass is 439 g/mol. The fourth-order valence-corrected chi connectivity index (χ4v) is 4.75. The molecule has 0 amide bonds. The summed E-state index contributed by atoms with van der Waals surface area (Å²) in [4.78, 5) is 0.0593. The molecule has 4 aromatic rings. The number of halogens is 2. The van der Waals surface area contributed by atoms with Crippen molar-refractivity contribution >= 4 is 61.8 Å². The van der Waals surface area contributed by atoms with Gasteiger partial charge in [0.25, 0.3) is 10.0 Å². The highest BCUT2D eigenvalue weighted by Crippen LogP contribution is 2.24. The van der Waals surface area contributed by atoms with Gasteiger partial charge in [0, 0.05) is 22.3 Å². The molecule has 0 atom stereocenters. The van der Waals surface area contributed by atoms with E-state index in [1.807, 2.05) is 0 Å². The fraction of sp³-hybridized carbons (Fsp3) is 0.0625. The highest BCUT2D eigenvalue weighted by atomic mass is 35.5. The van der Waals surface area contributed by atoms with Gasteiger partial charge in [-0.25, -0.2) is 8.42 Å². The maximum absolute atomic E-state index is 12.7. The molecule has 0 saturated heterocycles. The van der Waals surface area contributed by atoms with Gasteiger partial charge in [0.2, 0.25) is 0 Å². The zero-order valence-corrected chi connectivity index (χ0v) is 16.6. The lowest BCUT2D eigenvalue weighted by molar-refractivity contribution is 0.601. The van der Waals surface area contributed by atoms with Crippen LogP contribution < -0.4 is 4.72 Å². The summed E-state index contributed by atoms with van der Waals surface area (Å²) in [6.07, 6.45) is 1.66. The van der Waals surface area contributed by atoms with Crippen molar-refractivity contribution in [1.82, 2.24) is 18.5 Å². The zero-order valence-electron chi connectivity index (χ0n) is 13.5. The highest BCUT2D eigenvalue weighted by Gasteiger charge is 2.20. The molecular weight excluding hydrogens is 429 g/mol. The third kappa shape index (κ3) is 3.77. The van der Waals surface area contributed by atoms with E-state index in [0.29, 0.717) is 27.6 Å². The zero-order chi connectivity index (χ0) is 19.0. The van der Waals surface area contributed by atoms with Gasteiger partial charge in [-0.05, 0) is 29.8 Å². The molecule has 2 aromatic heterocycles. The number of hydrogen-bond acceptors (Lipinski definition) is 6. The molecule has 0 fully saturated rings. The number of fused-ring (bicyclic) bond motifs is 1. The van der Waals surface area contributed by atoms with Gasteiger partial charge < -0.3 is 0 Å². The van der Waals surface area contributed by atoms with Crippen molar-refractivity contribution in [3.63, 3.8) is 0 Å².